The van der Waals surface area contributed by atoms with Crippen LogP contribution in [0.4, 0.5) is 9.18 Å². The van der Waals surface area contributed by atoms with Gasteiger partial charge in [-0.2, -0.15) is 0 Å². The lowest BCUT2D eigenvalue weighted by molar-refractivity contribution is -0.150. The average Bonchev–Trinajstić information content (AvgIpc) is 2.29. The standard InChI is InChI=1S/C14H24FNO4/c1-5-19-12(17)9-6-7-11(10(15)8-9)16-13(18)20-14(2,3)4/h9-11H,5-8H2,1-4H3,(H,16,18). The summed E-state index contributed by atoms with van der Waals surface area (Å²) in [5.74, 6) is -0.771. The number of amides is 1. The van der Waals surface area contributed by atoms with Gasteiger partial charge in [-0.1, -0.05) is 0 Å². The summed E-state index contributed by atoms with van der Waals surface area (Å²) in [6.07, 6.45) is -0.881. The van der Waals surface area contributed by atoms with Crippen molar-refractivity contribution >= 4 is 12.1 Å². The Morgan fingerprint density at radius 3 is 2.45 bits per heavy atom. The molecule has 1 amide bonds. The van der Waals surface area contributed by atoms with Crippen molar-refractivity contribution in [3.8, 4) is 0 Å². The van der Waals surface area contributed by atoms with Crippen molar-refractivity contribution in [1.29, 1.82) is 0 Å². The SMILES string of the molecule is CCOC(=O)C1CCC(NC(=O)OC(C)(C)C)C(F)C1. The number of carbonyl (C=O) groups excluding carboxylic acids is 2. The van der Waals surface area contributed by atoms with Gasteiger partial charge in [-0.15, -0.1) is 0 Å². The summed E-state index contributed by atoms with van der Waals surface area (Å²) in [7, 11) is 0. The van der Waals surface area contributed by atoms with Crippen molar-refractivity contribution < 1.29 is 23.5 Å². The summed E-state index contributed by atoms with van der Waals surface area (Å²) in [5.41, 5.74) is -0.613. The van der Waals surface area contributed by atoms with E-state index >= 15 is 0 Å². The number of rotatable bonds is 3. The number of hydrogen-bond acceptors (Lipinski definition) is 4. The normalized spacial score (nSPS) is 26.8. The van der Waals surface area contributed by atoms with Crippen LogP contribution in [0, 0.1) is 5.92 Å². The number of halogens is 1. The Labute approximate surface area is 119 Å². The van der Waals surface area contributed by atoms with Crippen LogP contribution in [0.5, 0.6) is 0 Å². The van der Waals surface area contributed by atoms with Crippen LogP contribution in [-0.4, -0.2) is 36.5 Å². The van der Waals surface area contributed by atoms with E-state index in [9.17, 15) is 14.0 Å². The van der Waals surface area contributed by atoms with E-state index in [1.807, 2.05) is 0 Å². The lowest BCUT2D eigenvalue weighted by Gasteiger charge is -2.31. The molecule has 116 valence electrons. The first kappa shape index (κ1) is 16.7. The number of ether oxygens (including phenoxy) is 2. The first-order valence-electron chi connectivity index (χ1n) is 7.03. The Bertz CT molecular complexity index is 354. The minimum atomic E-state index is -1.26. The van der Waals surface area contributed by atoms with Gasteiger partial charge >= 0.3 is 12.1 Å². The summed E-state index contributed by atoms with van der Waals surface area (Å²) in [6, 6.07) is -0.601. The predicted molar refractivity (Wildman–Crippen MR) is 72.0 cm³/mol. The zero-order valence-corrected chi connectivity index (χ0v) is 12.6. The molecule has 1 saturated carbocycles. The van der Waals surface area contributed by atoms with Crippen LogP contribution in [0.2, 0.25) is 0 Å². The molecule has 1 aliphatic carbocycles. The number of carbonyl (C=O) groups is 2. The third-order valence-corrected chi connectivity index (χ3v) is 3.09. The van der Waals surface area contributed by atoms with E-state index in [2.05, 4.69) is 5.32 Å². The molecular formula is C14H24FNO4. The van der Waals surface area contributed by atoms with Gasteiger partial charge < -0.3 is 14.8 Å². The van der Waals surface area contributed by atoms with Gasteiger partial charge in [0.05, 0.1) is 18.6 Å². The van der Waals surface area contributed by atoms with Gasteiger partial charge in [0.15, 0.2) is 0 Å². The third kappa shape index (κ3) is 5.35. The van der Waals surface area contributed by atoms with Gasteiger partial charge in [0.25, 0.3) is 0 Å². The first-order chi connectivity index (χ1) is 9.23. The Kier molecular flexibility index (Phi) is 5.77. The molecule has 0 aromatic rings. The van der Waals surface area contributed by atoms with Crippen molar-refractivity contribution in [1.82, 2.24) is 5.32 Å². The summed E-state index contributed by atoms with van der Waals surface area (Å²) in [6.45, 7) is 7.26. The van der Waals surface area contributed by atoms with Gasteiger partial charge in [-0.3, -0.25) is 4.79 Å². The number of alkyl halides is 1. The maximum atomic E-state index is 14.0. The molecule has 1 fully saturated rings. The fourth-order valence-corrected chi connectivity index (χ4v) is 2.21. The molecule has 0 radical (unpaired) electrons. The van der Waals surface area contributed by atoms with Gasteiger partial charge in [0.1, 0.15) is 11.8 Å². The fraction of sp³-hybridized carbons (Fsp3) is 0.857. The smallest absolute Gasteiger partial charge is 0.407 e. The van der Waals surface area contributed by atoms with Crippen molar-refractivity contribution in [2.45, 2.75) is 64.8 Å². The minimum absolute atomic E-state index is 0.0826. The van der Waals surface area contributed by atoms with E-state index in [0.717, 1.165) is 0 Å². The maximum Gasteiger partial charge on any atom is 0.407 e. The van der Waals surface area contributed by atoms with Crippen molar-refractivity contribution in [3.63, 3.8) is 0 Å². The summed E-state index contributed by atoms with van der Waals surface area (Å²) < 4.78 is 24.0. The summed E-state index contributed by atoms with van der Waals surface area (Å²) in [5, 5.41) is 2.53. The molecule has 0 aromatic heterocycles. The van der Waals surface area contributed by atoms with Crippen LogP contribution >= 0.6 is 0 Å². The number of hydrogen-bond donors (Lipinski definition) is 1. The van der Waals surface area contributed by atoms with E-state index in [1.165, 1.54) is 0 Å². The van der Waals surface area contributed by atoms with Crippen LogP contribution in [0.15, 0.2) is 0 Å². The van der Waals surface area contributed by atoms with Gasteiger partial charge in [0.2, 0.25) is 0 Å². The van der Waals surface area contributed by atoms with Crippen LogP contribution in [0.3, 0.4) is 0 Å². The van der Waals surface area contributed by atoms with E-state index in [-0.39, 0.29) is 12.4 Å². The molecular weight excluding hydrogens is 265 g/mol. The quantitative estimate of drug-likeness (QED) is 0.811. The molecule has 0 heterocycles. The van der Waals surface area contributed by atoms with Crippen LogP contribution < -0.4 is 5.32 Å². The van der Waals surface area contributed by atoms with E-state index in [0.29, 0.717) is 19.4 Å². The van der Waals surface area contributed by atoms with Crippen molar-refractivity contribution in [3.05, 3.63) is 0 Å². The van der Waals surface area contributed by atoms with Crippen LogP contribution in [0.25, 0.3) is 0 Å². The second kappa shape index (κ2) is 6.90. The molecule has 1 aliphatic rings. The molecule has 1 rings (SSSR count). The first-order valence-corrected chi connectivity index (χ1v) is 7.03. The molecule has 3 unspecified atom stereocenters. The van der Waals surface area contributed by atoms with Gasteiger partial charge in [0, 0.05) is 0 Å². The maximum absolute atomic E-state index is 14.0. The molecule has 0 aliphatic heterocycles. The Morgan fingerprint density at radius 1 is 1.30 bits per heavy atom. The zero-order chi connectivity index (χ0) is 15.3. The highest BCUT2D eigenvalue weighted by Crippen LogP contribution is 2.28. The fourth-order valence-electron chi connectivity index (χ4n) is 2.21. The molecule has 0 aromatic carbocycles. The largest absolute Gasteiger partial charge is 0.466 e. The zero-order valence-electron chi connectivity index (χ0n) is 12.6. The Balaban J connectivity index is 2.45. The molecule has 20 heavy (non-hydrogen) atoms. The highest BCUT2D eigenvalue weighted by molar-refractivity contribution is 5.73. The Morgan fingerprint density at radius 2 is 1.95 bits per heavy atom. The van der Waals surface area contributed by atoms with Crippen molar-refractivity contribution in [2.75, 3.05) is 6.61 Å². The molecule has 0 bridgehead atoms. The minimum Gasteiger partial charge on any atom is -0.466 e. The monoisotopic (exact) mass is 289 g/mol. The third-order valence-electron chi connectivity index (χ3n) is 3.09. The summed E-state index contributed by atoms with van der Waals surface area (Å²) >= 11 is 0. The number of esters is 1. The lowest BCUT2D eigenvalue weighted by Crippen LogP contribution is -2.47. The topological polar surface area (TPSA) is 64.6 Å². The number of alkyl carbamates (subject to hydrolysis) is 1. The molecule has 3 atom stereocenters. The Hall–Kier alpha value is -1.33. The molecule has 0 saturated heterocycles. The second-order valence-corrected chi connectivity index (χ2v) is 6.03. The van der Waals surface area contributed by atoms with E-state index < -0.39 is 29.8 Å². The second-order valence-electron chi connectivity index (χ2n) is 6.03. The lowest BCUT2D eigenvalue weighted by atomic mass is 9.85. The average molecular weight is 289 g/mol. The van der Waals surface area contributed by atoms with Gasteiger partial charge in [-0.25, -0.2) is 9.18 Å². The molecule has 5 nitrogen and oxygen atoms in total. The van der Waals surface area contributed by atoms with Crippen molar-refractivity contribution in [2.24, 2.45) is 5.92 Å². The molecule has 6 heteroatoms. The van der Waals surface area contributed by atoms with Crippen LogP contribution in [0.1, 0.15) is 47.0 Å². The van der Waals surface area contributed by atoms with E-state index in [4.69, 9.17) is 9.47 Å². The highest BCUT2D eigenvalue weighted by Gasteiger charge is 2.36. The molecule has 1 N–H and O–H groups in total. The highest BCUT2D eigenvalue weighted by atomic mass is 19.1. The summed E-state index contributed by atoms with van der Waals surface area (Å²) in [4.78, 5) is 23.2. The predicted octanol–water partition coefficient (Wildman–Crippen LogP) is 2.58. The number of nitrogens with one attached hydrogen (secondary N) is 1. The van der Waals surface area contributed by atoms with Gasteiger partial charge in [-0.05, 0) is 47.0 Å². The van der Waals surface area contributed by atoms with Crippen LogP contribution in [-0.2, 0) is 14.3 Å². The molecule has 0 spiro atoms. The van der Waals surface area contributed by atoms with E-state index in [1.54, 1.807) is 27.7 Å².